The maximum Gasteiger partial charge on any atom is 0.272 e. The van der Waals surface area contributed by atoms with E-state index in [2.05, 4.69) is 10.1 Å². The Bertz CT molecular complexity index is 697. The Morgan fingerprint density at radius 3 is 2.73 bits per heavy atom. The van der Waals surface area contributed by atoms with Crippen LogP contribution in [0.2, 0.25) is 0 Å². The van der Waals surface area contributed by atoms with Crippen molar-refractivity contribution >= 4 is 11.3 Å². The summed E-state index contributed by atoms with van der Waals surface area (Å²) < 4.78 is 32.8. The first-order valence-corrected chi connectivity index (χ1v) is 6.43. The molecule has 8 nitrogen and oxygen atoms in total. The smallest absolute Gasteiger partial charge is 0.272 e. The van der Waals surface area contributed by atoms with Gasteiger partial charge in [-0.15, -0.1) is 0 Å². The monoisotopic (exact) mass is 316 g/mol. The van der Waals surface area contributed by atoms with E-state index in [4.69, 9.17) is 10.5 Å². The molecule has 2 aromatic rings. The second-order valence-electron chi connectivity index (χ2n) is 5.09. The Morgan fingerprint density at radius 1 is 1.41 bits per heavy atom. The van der Waals surface area contributed by atoms with Gasteiger partial charge >= 0.3 is 0 Å². The van der Waals surface area contributed by atoms with Gasteiger partial charge in [0.15, 0.2) is 11.4 Å². The van der Waals surface area contributed by atoms with Crippen molar-refractivity contribution in [3.8, 4) is 0 Å². The number of aliphatic hydroxyl groups excluding tert-OH is 3. The molecule has 3 rings (SSSR count). The van der Waals surface area contributed by atoms with Gasteiger partial charge < -0.3 is 25.8 Å². The SMILES string of the molecule is Nc1ncnn2c([C@@H]3O[C@@](CO)(C(F)F)[C@@H](O)[C@@H]3O)ccc12. The van der Waals surface area contributed by atoms with Crippen LogP contribution in [-0.4, -0.2) is 60.8 Å². The molecule has 0 spiro atoms. The van der Waals surface area contributed by atoms with E-state index in [1.54, 1.807) is 0 Å². The number of aromatic nitrogens is 3. The third kappa shape index (κ3) is 1.88. The number of aliphatic hydroxyl groups is 3. The average molecular weight is 316 g/mol. The topological polar surface area (TPSA) is 126 Å². The molecule has 0 amide bonds. The summed E-state index contributed by atoms with van der Waals surface area (Å²) in [6.45, 7) is -1.14. The van der Waals surface area contributed by atoms with Gasteiger partial charge in [0.25, 0.3) is 6.43 Å². The number of halogens is 2. The second kappa shape index (κ2) is 5.09. The van der Waals surface area contributed by atoms with Gasteiger partial charge in [0.05, 0.1) is 12.3 Å². The highest BCUT2D eigenvalue weighted by molar-refractivity contribution is 5.65. The molecule has 22 heavy (non-hydrogen) atoms. The van der Waals surface area contributed by atoms with Gasteiger partial charge in [-0.05, 0) is 12.1 Å². The summed E-state index contributed by atoms with van der Waals surface area (Å²) in [5.41, 5.74) is 3.74. The first kappa shape index (κ1) is 15.0. The number of alkyl halides is 2. The summed E-state index contributed by atoms with van der Waals surface area (Å²) in [7, 11) is 0. The molecule has 0 radical (unpaired) electrons. The van der Waals surface area contributed by atoms with Gasteiger partial charge in [-0.3, -0.25) is 0 Å². The van der Waals surface area contributed by atoms with E-state index in [0.717, 1.165) is 6.33 Å². The normalized spacial score (nSPS) is 32.2. The van der Waals surface area contributed by atoms with Crippen molar-refractivity contribution in [2.75, 3.05) is 12.3 Å². The minimum absolute atomic E-state index is 0.163. The molecule has 0 aliphatic carbocycles. The van der Waals surface area contributed by atoms with E-state index >= 15 is 0 Å². The van der Waals surface area contributed by atoms with Crippen LogP contribution < -0.4 is 5.73 Å². The summed E-state index contributed by atoms with van der Waals surface area (Å²) in [5.74, 6) is 0.163. The Kier molecular flexibility index (Phi) is 3.48. The number of ether oxygens (including phenoxy) is 1. The molecule has 1 aliphatic heterocycles. The highest BCUT2D eigenvalue weighted by Crippen LogP contribution is 2.43. The summed E-state index contributed by atoms with van der Waals surface area (Å²) in [6, 6.07) is 3.01. The van der Waals surface area contributed by atoms with Gasteiger partial charge in [0.2, 0.25) is 0 Å². The predicted molar refractivity (Wildman–Crippen MR) is 69.1 cm³/mol. The van der Waals surface area contributed by atoms with Crippen LogP contribution in [0.15, 0.2) is 18.5 Å². The molecule has 10 heteroatoms. The quantitative estimate of drug-likeness (QED) is 0.578. The zero-order chi connectivity index (χ0) is 16.1. The Morgan fingerprint density at radius 2 is 2.14 bits per heavy atom. The Balaban J connectivity index is 2.06. The van der Waals surface area contributed by atoms with E-state index in [-0.39, 0.29) is 11.5 Å². The minimum Gasteiger partial charge on any atom is -0.393 e. The number of rotatable bonds is 3. The molecule has 1 saturated heterocycles. The van der Waals surface area contributed by atoms with Crippen molar-refractivity contribution in [2.24, 2.45) is 0 Å². The average Bonchev–Trinajstić information content (AvgIpc) is 3.02. The number of nitrogens with zero attached hydrogens (tertiary/aromatic N) is 3. The first-order chi connectivity index (χ1) is 10.4. The van der Waals surface area contributed by atoms with Crippen molar-refractivity contribution in [3.63, 3.8) is 0 Å². The molecule has 0 saturated carbocycles. The summed E-state index contributed by atoms with van der Waals surface area (Å²) in [4.78, 5) is 3.79. The van der Waals surface area contributed by atoms with Crippen LogP contribution >= 0.6 is 0 Å². The Labute approximate surface area is 122 Å². The van der Waals surface area contributed by atoms with Gasteiger partial charge in [0.1, 0.15) is 30.2 Å². The first-order valence-electron chi connectivity index (χ1n) is 6.43. The van der Waals surface area contributed by atoms with E-state index in [0.29, 0.717) is 5.52 Å². The third-order valence-corrected chi connectivity index (χ3v) is 3.90. The molecule has 3 heterocycles. The molecular formula is C12H14F2N4O4. The van der Waals surface area contributed by atoms with Crippen LogP contribution in [0.3, 0.4) is 0 Å². The summed E-state index contributed by atoms with van der Waals surface area (Å²) in [5, 5.41) is 33.1. The minimum atomic E-state index is -3.18. The van der Waals surface area contributed by atoms with E-state index < -0.39 is 36.9 Å². The number of fused-ring (bicyclic) bond motifs is 1. The number of hydrogen-bond acceptors (Lipinski definition) is 7. The summed E-state index contributed by atoms with van der Waals surface area (Å²) >= 11 is 0. The summed E-state index contributed by atoms with van der Waals surface area (Å²) in [6.07, 6.45) is -6.93. The lowest BCUT2D eigenvalue weighted by Gasteiger charge is -2.28. The largest absolute Gasteiger partial charge is 0.393 e. The molecule has 0 unspecified atom stereocenters. The third-order valence-electron chi connectivity index (χ3n) is 3.90. The van der Waals surface area contributed by atoms with Crippen LogP contribution in [-0.2, 0) is 4.74 Å². The number of nitrogens with two attached hydrogens (primary N) is 1. The van der Waals surface area contributed by atoms with E-state index in [1.807, 2.05) is 0 Å². The lowest BCUT2D eigenvalue weighted by molar-refractivity contribution is -0.186. The molecule has 120 valence electrons. The standard InChI is InChI=1S/C12H14F2N4O4/c13-11(14)12(3-19)9(21)7(20)8(22-12)5-1-2-6-10(15)16-4-17-18(5)6/h1-2,4,7-9,11,19-21H,3H2,(H2,15,16,17)/t7-,8+,9+,12-/m1/s1. The fourth-order valence-electron chi connectivity index (χ4n) is 2.63. The molecule has 1 aliphatic rings. The number of nitrogen functional groups attached to an aromatic ring is 1. The maximum atomic E-state index is 13.2. The molecule has 0 bridgehead atoms. The van der Waals surface area contributed by atoms with Crippen LogP contribution in [0, 0.1) is 0 Å². The van der Waals surface area contributed by atoms with Crippen LogP contribution in [0.4, 0.5) is 14.6 Å². The molecule has 2 aromatic heterocycles. The van der Waals surface area contributed by atoms with Gasteiger partial charge in [-0.2, -0.15) is 5.10 Å². The second-order valence-corrected chi connectivity index (χ2v) is 5.09. The van der Waals surface area contributed by atoms with Crippen LogP contribution in [0.5, 0.6) is 0 Å². The Hall–Kier alpha value is -1.88. The molecule has 0 aromatic carbocycles. The molecule has 4 atom stereocenters. The fourth-order valence-corrected chi connectivity index (χ4v) is 2.63. The lowest BCUT2D eigenvalue weighted by Crippen LogP contribution is -2.52. The number of hydrogen-bond donors (Lipinski definition) is 4. The maximum absolute atomic E-state index is 13.2. The predicted octanol–water partition coefficient (Wildman–Crippen LogP) is -0.899. The molecule has 5 N–H and O–H groups in total. The van der Waals surface area contributed by atoms with Crippen molar-refractivity contribution in [2.45, 2.75) is 30.3 Å². The van der Waals surface area contributed by atoms with Crippen LogP contribution in [0.25, 0.3) is 5.52 Å². The van der Waals surface area contributed by atoms with Gasteiger partial charge in [-0.25, -0.2) is 18.3 Å². The zero-order valence-electron chi connectivity index (χ0n) is 11.2. The highest BCUT2D eigenvalue weighted by Gasteiger charge is 2.60. The number of anilines is 1. The van der Waals surface area contributed by atoms with Crippen molar-refractivity contribution in [3.05, 3.63) is 24.2 Å². The lowest BCUT2D eigenvalue weighted by atomic mass is 9.95. The van der Waals surface area contributed by atoms with Gasteiger partial charge in [-0.1, -0.05) is 0 Å². The van der Waals surface area contributed by atoms with E-state index in [1.165, 1.54) is 16.6 Å². The van der Waals surface area contributed by atoms with Crippen molar-refractivity contribution in [1.82, 2.24) is 14.6 Å². The molecule has 1 fully saturated rings. The highest BCUT2D eigenvalue weighted by atomic mass is 19.3. The zero-order valence-corrected chi connectivity index (χ0v) is 11.2. The van der Waals surface area contributed by atoms with E-state index in [9.17, 15) is 24.1 Å². The van der Waals surface area contributed by atoms with Gasteiger partial charge in [0, 0.05) is 0 Å². The van der Waals surface area contributed by atoms with Crippen LogP contribution in [0.1, 0.15) is 11.8 Å². The van der Waals surface area contributed by atoms with Crippen molar-refractivity contribution < 1.29 is 28.8 Å². The fraction of sp³-hybridized carbons (Fsp3) is 0.500. The molecular weight excluding hydrogens is 302 g/mol. The van der Waals surface area contributed by atoms with Crippen molar-refractivity contribution in [1.29, 1.82) is 0 Å².